The number of thioether (sulfide) groups is 1. The molecule has 0 radical (unpaired) electrons. The second-order valence-corrected chi connectivity index (χ2v) is 8.34. The molecule has 0 saturated carbocycles. The molecular formula is C24H23N3O2S. The van der Waals surface area contributed by atoms with E-state index >= 15 is 0 Å². The third-order valence-electron chi connectivity index (χ3n) is 4.95. The normalized spacial score (nSPS) is 11.1. The van der Waals surface area contributed by atoms with E-state index in [1.165, 1.54) is 22.9 Å². The molecule has 0 saturated heterocycles. The fourth-order valence-corrected chi connectivity index (χ4v) is 4.34. The van der Waals surface area contributed by atoms with Gasteiger partial charge in [-0.1, -0.05) is 36.0 Å². The van der Waals surface area contributed by atoms with Gasteiger partial charge in [0.25, 0.3) is 5.22 Å². The lowest BCUT2D eigenvalue weighted by Crippen LogP contribution is -2.06. The Morgan fingerprint density at radius 1 is 0.967 bits per heavy atom. The molecule has 0 N–H and O–H groups in total. The monoisotopic (exact) mass is 417 g/mol. The van der Waals surface area contributed by atoms with Crippen LogP contribution in [0.1, 0.15) is 32.9 Å². The first kappa shape index (κ1) is 20.2. The van der Waals surface area contributed by atoms with E-state index in [2.05, 4.69) is 46.8 Å². The van der Waals surface area contributed by atoms with Gasteiger partial charge in [0, 0.05) is 28.2 Å². The van der Waals surface area contributed by atoms with E-state index in [0.717, 1.165) is 28.2 Å². The number of carbonyl (C=O) groups excluding carboxylic acids is 1. The Bertz CT molecular complexity index is 1190. The Labute approximate surface area is 180 Å². The highest BCUT2D eigenvalue weighted by Crippen LogP contribution is 2.26. The van der Waals surface area contributed by atoms with Crippen molar-refractivity contribution in [3.8, 4) is 17.1 Å². The number of hydrogen-bond donors (Lipinski definition) is 0. The van der Waals surface area contributed by atoms with Crippen LogP contribution in [0.4, 0.5) is 0 Å². The van der Waals surface area contributed by atoms with Crippen molar-refractivity contribution in [2.45, 2.75) is 32.9 Å². The van der Waals surface area contributed by atoms with Gasteiger partial charge in [-0.3, -0.25) is 4.79 Å². The lowest BCUT2D eigenvalue weighted by atomic mass is 10.1. The molecule has 0 aliphatic carbocycles. The molecule has 6 heteroatoms. The zero-order chi connectivity index (χ0) is 21.3. The largest absolute Gasteiger partial charge is 0.411 e. The Balaban J connectivity index is 1.51. The molecule has 0 fully saturated rings. The first-order valence-corrected chi connectivity index (χ1v) is 10.7. The molecule has 5 nitrogen and oxygen atoms in total. The van der Waals surface area contributed by atoms with Crippen molar-refractivity contribution >= 4 is 17.5 Å². The Morgan fingerprint density at radius 2 is 1.67 bits per heavy atom. The van der Waals surface area contributed by atoms with Crippen LogP contribution >= 0.6 is 11.8 Å². The van der Waals surface area contributed by atoms with Crippen molar-refractivity contribution in [2.24, 2.45) is 0 Å². The fourth-order valence-electron chi connectivity index (χ4n) is 3.69. The zero-order valence-electron chi connectivity index (χ0n) is 17.5. The van der Waals surface area contributed by atoms with Gasteiger partial charge in [0.1, 0.15) is 0 Å². The van der Waals surface area contributed by atoms with E-state index < -0.39 is 0 Å². The Hall–Kier alpha value is -3.12. The minimum Gasteiger partial charge on any atom is -0.411 e. The Kier molecular flexibility index (Phi) is 5.59. The number of ketones is 1. The average molecular weight is 418 g/mol. The highest BCUT2D eigenvalue weighted by atomic mass is 32.2. The first-order valence-electron chi connectivity index (χ1n) is 9.75. The van der Waals surface area contributed by atoms with Crippen molar-refractivity contribution in [1.29, 1.82) is 0 Å². The summed E-state index contributed by atoms with van der Waals surface area (Å²) in [5.41, 5.74) is 7.05. The van der Waals surface area contributed by atoms with E-state index in [1.54, 1.807) is 0 Å². The molecule has 4 rings (SSSR count). The van der Waals surface area contributed by atoms with Gasteiger partial charge in [-0.25, -0.2) is 0 Å². The van der Waals surface area contributed by atoms with E-state index in [4.69, 9.17) is 4.42 Å². The summed E-state index contributed by atoms with van der Waals surface area (Å²) >= 11 is 1.26. The summed E-state index contributed by atoms with van der Waals surface area (Å²) in [6.45, 7) is 8.18. The van der Waals surface area contributed by atoms with Crippen molar-refractivity contribution in [1.82, 2.24) is 14.8 Å². The summed E-state index contributed by atoms with van der Waals surface area (Å²) < 4.78 is 7.83. The molecule has 30 heavy (non-hydrogen) atoms. The van der Waals surface area contributed by atoms with E-state index in [0.29, 0.717) is 11.1 Å². The summed E-state index contributed by atoms with van der Waals surface area (Å²) in [6.07, 6.45) is 0. The Morgan fingerprint density at radius 3 is 2.37 bits per heavy atom. The lowest BCUT2D eigenvalue weighted by Gasteiger charge is -2.12. The van der Waals surface area contributed by atoms with Crippen LogP contribution in [0.15, 0.2) is 64.2 Å². The van der Waals surface area contributed by atoms with Crippen LogP contribution in [0.25, 0.3) is 17.1 Å². The third kappa shape index (κ3) is 4.09. The molecule has 0 bridgehead atoms. The maximum Gasteiger partial charge on any atom is 0.277 e. The predicted octanol–water partition coefficient (Wildman–Crippen LogP) is 5.74. The molecule has 152 valence electrons. The van der Waals surface area contributed by atoms with Gasteiger partial charge in [-0.05, 0) is 69.2 Å². The van der Waals surface area contributed by atoms with Crippen LogP contribution in [-0.2, 0) is 0 Å². The lowest BCUT2D eigenvalue weighted by molar-refractivity contribution is 0.102. The molecule has 4 aromatic rings. The molecule has 2 heterocycles. The van der Waals surface area contributed by atoms with Crippen molar-refractivity contribution in [3.63, 3.8) is 0 Å². The molecule has 0 amide bonds. The zero-order valence-corrected chi connectivity index (χ0v) is 18.3. The van der Waals surface area contributed by atoms with Gasteiger partial charge in [0.05, 0.1) is 5.75 Å². The fraction of sp³-hybridized carbons (Fsp3) is 0.208. The number of rotatable bonds is 6. The second kappa shape index (κ2) is 8.32. The summed E-state index contributed by atoms with van der Waals surface area (Å²) in [6, 6.07) is 18.0. The molecular weight excluding hydrogens is 394 g/mol. The molecule has 0 aliphatic heterocycles. The van der Waals surface area contributed by atoms with Gasteiger partial charge in [0.15, 0.2) is 5.78 Å². The summed E-state index contributed by atoms with van der Waals surface area (Å²) in [5.74, 6) is 0.745. The number of carbonyl (C=O) groups is 1. The molecule has 0 unspecified atom stereocenters. The number of aromatic nitrogens is 3. The minimum atomic E-state index is 0.0446. The third-order valence-corrected chi connectivity index (χ3v) is 5.77. The average Bonchev–Trinajstić information content (AvgIpc) is 3.30. The second-order valence-electron chi connectivity index (χ2n) is 7.42. The molecule has 2 aromatic carbocycles. The minimum absolute atomic E-state index is 0.0446. The maximum atomic E-state index is 12.9. The number of hydrogen-bond acceptors (Lipinski definition) is 5. The highest BCUT2D eigenvalue weighted by Gasteiger charge is 2.18. The van der Waals surface area contributed by atoms with Crippen LogP contribution in [0.2, 0.25) is 0 Å². The first-order chi connectivity index (χ1) is 14.4. The van der Waals surface area contributed by atoms with Gasteiger partial charge >= 0.3 is 0 Å². The molecule has 0 spiro atoms. The van der Waals surface area contributed by atoms with E-state index in [-0.39, 0.29) is 11.5 Å². The van der Waals surface area contributed by atoms with Crippen LogP contribution < -0.4 is 0 Å². The van der Waals surface area contributed by atoms with Crippen LogP contribution in [0, 0.1) is 27.7 Å². The van der Waals surface area contributed by atoms with Gasteiger partial charge in [0.2, 0.25) is 5.89 Å². The number of benzene rings is 2. The quantitative estimate of drug-likeness (QED) is 0.296. The van der Waals surface area contributed by atoms with Crippen LogP contribution in [-0.4, -0.2) is 26.3 Å². The summed E-state index contributed by atoms with van der Waals surface area (Å²) in [7, 11) is 0. The number of aryl methyl sites for hydroxylation is 3. The number of Topliss-reactive ketones (excluding diaryl/α,β-unsaturated/α-hetero) is 1. The van der Waals surface area contributed by atoms with Crippen molar-refractivity contribution in [2.75, 3.05) is 5.75 Å². The van der Waals surface area contributed by atoms with Crippen molar-refractivity contribution in [3.05, 3.63) is 82.7 Å². The summed E-state index contributed by atoms with van der Waals surface area (Å²) in [4.78, 5) is 12.9. The van der Waals surface area contributed by atoms with Gasteiger partial charge in [-0.15, -0.1) is 10.2 Å². The maximum absolute atomic E-state index is 12.9. The molecule has 0 aliphatic rings. The van der Waals surface area contributed by atoms with Gasteiger partial charge < -0.3 is 8.98 Å². The van der Waals surface area contributed by atoms with E-state index in [1.807, 2.05) is 50.2 Å². The topological polar surface area (TPSA) is 60.9 Å². The molecule has 2 aromatic heterocycles. The van der Waals surface area contributed by atoms with Gasteiger partial charge in [-0.2, -0.15) is 0 Å². The SMILES string of the molecule is Cc1cc(C)cc(-n2c(C)cc(C(=O)CSc3nnc(-c4ccccc4)o3)c2C)c1. The van der Waals surface area contributed by atoms with E-state index in [9.17, 15) is 4.79 Å². The smallest absolute Gasteiger partial charge is 0.277 e. The molecule has 0 atom stereocenters. The predicted molar refractivity (Wildman–Crippen MR) is 120 cm³/mol. The van der Waals surface area contributed by atoms with Crippen LogP contribution in [0.3, 0.4) is 0 Å². The highest BCUT2D eigenvalue weighted by molar-refractivity contribution is 7.99. The van der Waals surface area contributed by atoms with Crippen LogP contribution in [0.5, 0.6) is 0 Å². The number of nitrogens with zero attached hydrogens (tertiary/aromatic N) is 3. The standard InChI is InChI=1S/C24H23N3O2S/c1-15-10-16(2)12-20(11-15)27-17(3)13-21(18(27)4)22(28)14-30-24-26-25-23(29-24)19-8-6-5-7-9-19/h5-13H,14H2,1-4H3. The summed E-state index contributed by atoms with van der Waals surface area (Å²) in [5, 5.41) is 8.53. The van der Waals surface area contributed by atoms with Crippen molar-refractivity contribution < 1.29 is 9.21 Å².